The predicted molar refractivity (Wildman–Crippen MR) is 64.9 cm³/mol. The third kappa shape index (κ3) is 3.10. The molecule has 0 spiro atoms. The zero-order valence-corrected chi connectivity index (χ0v) is 10.3. The fraction of sp³-hybridized carbons (Fsp3) is 0.500. The third-order valence-electron chi connectivity index (χ3n) is 2.88. The van der Waals surface area contributed by atoms with Gasteiger partial charge in [-0.25, -0.2) is 4.98 Å². The van der Waals surface area contributed by atoms with E-state index < -0.39 is 5.91 Å². The molecule has 2 heterocycles. The van der Waals surface area contributed by atoms with Gasteiger partial charge in [-0.2, -0.15) is 0 Å². The zero-order valence-electron chi connectivity index (χ0n) is 10.3. The van der Waals surface area contributed by atoms with Gasteiger partial charge in [0.1, 0.15) is 5.69 Å². The molecular formula is C12H16N4O2. The van der Waals surface area contributed by atoms with Gasteiger partial charge in [-0.15, -0.1) is 0 Å². The second-order valence-electron chi connectivity index (χ2n) is 4.36. The molecule has 2 N–H and O–H groups in total. The second kappa shape index (κ2) is 5.68. The predicted octanol–water partition coefficient (Wildman–Crippen LogP) is 0.184. The van der Waals surface area contributed by atoms with Crippen LogP contribution in [0.5, 0.6) is 0 Å². The van der Waals surface area contributed by atoms with Crippen LogP contribution in [-0.2, 0) is 4.79 Å². The van der Waals surface area contributed by atoms with E-state index in [1.54, 1.807) is 6.92 Å². The molecule has 1 atom stereocenters. The van der Waals surface area contributed by atoms with Crippen LogP contribution in [-0.4, -0.2) is 34.4 Å². The van der Waals surface area contributed by atoms with Crippen LogP contribution in [0.25, 0.3) is 0 Å². The number of hydrogen-bond acceptors (Lipinski definition) is 5. The van der Waals surface area contributed by atoms with Gasteiger partial charge < -0.3 is 5.32 Å². The Morgan fingerprint density at radius 3 is 2.78 bits per heavy atom. The molecule has 1 aliphatic rings. The Morgan fingerprint density at radius 1 is 1.33 bits per heavy atom. The van der Waals surface area contributed by atoms with Gasteiger partial charge >= 0.3 is 0 Å². The number of piperidine rings is 1. The van der Waals surface area contributed by atoms with E-state index in [0.717, 1.165) is 31.5 Å². The van der Waals surface area contributed by atoms with E-state index in [1.807, 2.05) is 0 Å². The topological polar surface area (TPSA) is 84.0 Å². The summed E-state index contributed by atoms with van der Waals surface area (Å²) in [5.41, 5.74) is 0.886. The van der Waals surface area contributed by atoms with Crippen molar-refractivity contribution in [2.45, 2.75) is 32.2 Å². The Bertz CT molecular complexity index is 438. The summed E-state index contributed by atoms with van der Waals surface area (Å²) in [5.74, 6) is -0.790. The van der Waals surface area contributed by atoms with Crippen LogP contribution in [0.15, 0.2) is 12.4 Å². The van der Waals surface area contributed by atoms with Crippen molar-refractivity contribution in [1.82, 2.24) is 20.6 Å². The fourth-order valence-corrected chi connectivity index (χ4v) is 1.85. The zero-order chi connectivity index (χ0) is 13.0. The van der Waals surface area contributed by atoms with Gasteiger partial charge in [0.05, 0.1) is 17.9 Å². The number of hydrogen-bond donors (Lipinski definition) is 2. The van der Waals surface area contributed by atoms with Crippen LogP contribution >= 0.6 is 0 Å². The molecule has 0 aromatic carbocycles. The number of amides is 2. The lowest BCUT2D eigenvalue weighted by Gasteiger charge is -2.21. The molecule has 0 saturated carbocycles. The molecule has 2 rings (SSSR count). The van der Waals surface area contributed by atoms with Crippen LogP contribution in [0.4, 0.5) is 0 Å². The van der Waals surface area contributed by atoms with Crippen molar-refractivity contribution in [2.24, 2.45) is 0 Å². The van der Waals surface area contributed by atoms with E-state index in [4.69, 9.17) is 0 Å². The first-order chi connectivity index (χ1) is 8.66. The molecular weight excluding hydrogens is 232 g/mol. The van der Waals surface area contributed by atoms with E-state index >= 15 is 0 Å². The summed E-state index contributed by atoms with van der Waals surface area (Å²) in [6.45, 7) is 2.60. The molecule has 96 valence electrons. The highest BCUT2D eigenvalue weighted by Crippen LogP contribution is 2.07. The van der Waals surface area contributed by atoms with Crippen LogP contribution in [0, 0.1) is 6.92 Å². The molecule has 1 aliphatic heterocycles. The molecule has 0 unspecified atom stereocenters. The van der Waals surface area contributed by atoms with Crippen LogP contribution in [0.2, 0.25) is 0 Å². The Kier molecular flexibility index (Phi) is 3.99. The first kappa shape index (κ1) is 12.6. The average Bonchev–Trinajstić information content (AvgIpc) is 2.40. The van der Waals surface area contributed by atoms with Gasteiger partial charge in [0.25, 0.3) is 5.91 Å². The Labute approximate surface area is 105 Å². The molecule has 1 fully saturated rings. The second-order valence-corrected chi connectivity index (χ2v) is 4.36. The average molecular weight is 248 g/mol. The van der Waals surface area contributed by atoms with E-state index in [1.165, 1.54) is 12.4 Å². The van der Waals surface area contributed by atoms with Crippen LogP contribution in [0.3, 0.4) is 0 Å². The molecule has 18 heavy (non-hydrogen) atoms. The highest BCUT2D eigenvalue weighted by Gasteiger charge is 2.22. The van der Waals surface area contributed by atoms with Crippen molar-refractivity contribution < 1.29 is 9.59 Å². The van der Waals surface area contributed by atoms with E-state index in [2.05, 4.69) is 20.6 Å². The summed E-state index contributed by atoms with van der Waals surface area (Å²) in [5, 5.41) is 5.43. The summed E-state index contributed by atoms with van der Waals surface area (Å²) >= 11 is 0. The van der Waals surface area contributed by atoms with Gasteiger partial charge in [0, 0.05) is 6.20 Å². The van der Waals surface area contributed by atoms with Crippen LogP contribution < -0.4 is 10.6 Å². The molecule has 6 heteroatoms. The van der Waals surface area contributed by atoms with Gasteiger partial charge in [0.15, 0.2) is 0 Å². The van der Waals surface area contributed by atoms with E-state index in [-0.39, 0.29) is 17.6 Å². The molecule has 1 aromatic heterocycles. The molecule has 6 nitrogen and oxygen atoms in total. The molecule has 0 aliphatic carbocycles. The summed E-state index contributed by atoms with van der Waals surface area (Å²) < 4.78 is 0. The number of imide groups is 1. The van der Waals surface area contributed by atoms with Gasteiger partial charge in [-0.05, 0) is 26.3 Å². The minimum absolute atomic E-state index is 0.157. The Morgan fingerprint density at radius 2 is 2.17 bits per heavy atom. The number of nitrogens with one attached hydrogen (secondary N) is 2. The van der Waals surface area contributed by atoms with E-state index in [0.29, 0.717) is 0 Å². The number of nitrogens with zero attached hydrogens (tertiary/aromatic N) is 2. The summed E-state index contributed by atoms with van der Waals surface area (Å²) in [6.07, 6.45) is 5.70. The van der Waals surface area contributed by atoms with Crippen molar-refractivity contribution in [3.05, 3.63) is 23.8 Å². The minimum Gasteiger partial charge on any atom is -0.306 e. The normalized spacial score (nSPS) is 19.3. The monoisotopic (exact) mass is 248 g/mol. The summed E-state index contributed by atoms with van der Waals surface area (Å²) in [6, 6.07) is -0.277. The molecule has 1 aromatic rings. The number of carbonyl (C=O) groups excluding carboxylic acids is 2. The lowest BCUT2D eigenvalue weighted by Crippen LogP contribution is -2.48. The quantitative estimate of drug-likeness (QED) is 0.730. The Hall–Kier alpha value is -1.82. The molecule has 2 amide bonds. The molecule has 1 saturated heterocycles. The van der Waals surface area contributed by atoms with Gasteiger partial charge in [0.2, 0.25) is 5.91 Å². The Balaban J connectivity index is 1.94. The SMILES string of the molecule is Cc1cnc(C(=O)NC(=O)[C@H]2CCCCN2)cn1. The maximum absolute atomic E-state index is 11.8. The van der Waals surface area contributed by atoms with Crippen LogP contribution in [0.1, 0.15) is 35.4 Å². The van der Waals surface area contributed by atoms with Crippen molar-refractivity contribution >= 4 is 11.8 Å². The largest absolute Gasteiger partial charge is 0.306 e. The maximum atomic E-state index is 11.8. The smallest absolute Gasteiger partial charge is 0.278 e. The van der Waals surface area contributed by atoms with Gasteiger partial charge in [-0.3, -0.25) is 19.9 Å². The lowest BCUT2D eigenvalue weighted by atomic mass is 10.0. The highest BCUT2D eigenvalue weighted by molar-refractivity contribution is 6.04. The number of rotatable bonds is 2. The summed E-state index contributed by atoms with van der Waals surface area (Å²) in [7, 11) is 0. The maximum Gasteiger partial charge on any atom is 0.278 e. The third-order valence-corrected chi connectivity index (χ3v) is 2.88. The molecule has 0 bridgehead atoms. The fourth-order valence-electron chi connectivity index (χ4n) is 1.85. The van der Waals surface area contributed by atoms with Gasteiger partial charge in [-0.1, -0.05) is 6.42 Å². The molecule has 0 radical (unpaired) electrons. The minimum atomic E-state index is -0.500. The standard InChI is InChI=1S/C12H16N4O2/c1-8-6-15-10(7-14-8)12(18)16-11(17)9-4-2-3-5-13-9/h6-7,9,13H,2-5H2,1H3,(H,16,17,18)/t9-/m1/s1. The van der Waals surface area contributed by atoms with Crippen molar-refractivity contribution in [3.8, 4) is 0 Å². The van der Waals surface area contributed by atoms with Crippen molar-refractivity contribution in [3.63, 3.8) is 0 Å². The van der Waals surface area contributed by atoms with Crippen molar-refractivity contribution in [2.75, 3.05) is 6.54 Å². The number of aromatic nitrogens is 2. The summed E-state index contributed by atoms with van der Waals surface area (Å²) in [4.78, 5) is 31.5. The van der Waals surface area contributed by atoms with E-state index in [9.17, 15) is 9.59 Å². The lowest BCUT2D eigenvalue weighted by molar-refractivity contribution is -0.122. The number of carbonyl (C=O) groups is 2. The number of aryl methyl sites for hydroxylation is 1. The first-order valence-corrected chi connectivity index (χ1v) is 6.04. The first-order valence-electron chi connectivity index (χ1n) is 6.04. The highest BCUT2D eigenvalue weighted by atomic mass is 16.2. The van der Waals surface area contributed by atoms with Crippen molar-refractivity contribution in [1.29, 1.82) is 0 Å².